The first-order valence-electron chi connectivity index (χ1n) is 8.46. The van der Waals surface area contributed by atoms with Crippen molar-refractivity contribution in [2.75, 3.05) is 57.8 Å². The molecule has 0 unspecified atom stereocenters. The van der Waals surface area contributed by atoms with Crippen LogP contribution < -0.4 is 5.32 Å². The van der Waals surface area contributed by atoms with Crippen LogP contribution in [0.4, 0.5) is 5.69 Å². The molecule has 1 aliphatic rings. The summed E-state index contributed by atoms with van der Waals surface area (Å²) in [5, 5.41) is 14.4. The summed E-state index contributed by atoms with van der Waals surface area (Å²) in [5.41, 5.74) is 1.60. The molecule has 0 radical (unpaired) electrons. The van der Waals surface area contributed by atoms with E-state index < -0.39 is 0 Å². The molecule has 0 saturated heterocycles. The molecule has 1 aliphatic heterocycles. The highest BCUT2D eigenvalue weighted by molar-refractivity contribution is 8.14. The van der Waals surface area contributed by atoms with Crippen LogP contribution in [0.1, 0.15) is 19.4 Å². The lowest BCUT2D eigenvalue weighted by atomic mass is 10.1. The fourth-order valence-electron chi connectivity index (χ4n) is 2.28. The minimum Gasteiger partial charge on any atom is -0.507 e. The van der Waals surface area contributed by atoms with Crippen molar-refractivity contribution < 1.29 is 19.3 Å². The van der Waals surface area contributed by atoms with Crippen molar-refractivity contribution in [2.24, 2.45) is 4.99 Å². The van der Waals surface area contributed by atoms with Crippen molar-refractivity contribution in [2.45, 2.75) is 19.4 Å². The van der Waals surface area contributed by atoms with Gasteiger partial charge in [-0.1, -0.05) is 0 Å². The van der Waals surface area contributed by atoms with Crippen molar-refractivity contribution >= 4 is 22.5 Å². The van der Waals surface area contributed by atoms with Gasteiger partial charge in [-0.2, -0.15) is 0 Å². The number of aliphatic imine (C=N–C) groups is 1. The third-order valence-corrected chi connectivity index (χ3v) is 5.01. The summed E-state index contributed by atoms with van der Waals surface area (Å²) in [6.07, 6.45) is 0. The number of hydrogen-bond donors (Lipinski definition) is 2. The van der Waals surface area contributed by atoms with Crippen LogP contribution in [0.15, 0.2) is 23.2 Å². The molecule has 6 nitrogen and oxygen atoms in total. The Balaban J connectivity index is 1.69. The predicted octanol–water partition coefficient (Wildman–Crippen LogP) is 2.76. The quantitative estimate of drug-likeness (QED) is 0.585. The number of phenolic OH excluding ortho intramolecular Hbond substituents is 1. The molecule has 0 aliphatic carbocycles. The second-order valence-corrected chi connectivity index (χ2v) is 7.36. The number of nitrogens with zero attached hydrogens (tertiary/aromatic N) is 1. The molecule has 0 atom stereocenters. The number of rotatable bonds is 11. The van der Waals surface area contributed by atoms with Gasteiger partial charge in [-0.3, -0.25) is 4.99 Å². The van der Waals surface area contributed by atoms with Crippen LogP contribution in [-0.2, 0) is 14.2 Å². The summed E-state index contributed by atoms with van der Waals surface area (Å²) in [5.74, 6) is 1.19. The molecule has 7 heteroatoms. The third kappa shape index (κ3) is 6.86. The fraction of sp³-hybridized carbons (Fsp3) is 0.611. The topological polar surface area (TPSA) is 72.3 Å². The van der Waals surface area contributed by atoms with Crippen molar-refractivity contribution in [3.8, 4) is 5.75 Å². The molecule has 0 fully saturated rings. The number of thioether (sulfide) groups is 1. The van der Waals surface area contributed by atoms with E-state index in [1.807, 2.05) is 12.1 Å². The van der Waals surface area contributed by atoms with Crippen LogP contribution in [0.5, 0.6) is 5.75 Å². The van der Waals surface area contributed by atoms with Crippen LogP contribution in [0.3, 0.4) is 0 Å². The number of benzene rings is 1. The molecule has 0 bridgehead atoms. The van der Waals surface area contributed by atoms with Gasteiger partial charge < -0.3 is 24.6 Å². The molecule has 1 aromatic rings. The maximum Gasteiger partial charge on any atom is 0.127 e. The number of nitrogens with one attached hydrogen (secondary N) is 1. The van der Waals surface area contributed by atoms with E-state index in [0.717, 1.165) is 22.0 Å². The van der Waals surface area contributed by atoms with E-state index in [-0.39, 0.29) is 11.3 Å². The smallest absolute Gasteiger partial charge is 0.127 e. The first-order valence-corrected chi connectivity index (χ1v) is 9.45. The van der Waals surface area contributed by atoms with Gasteiger partial charge in [-0.05, 0) is 26.0 Å². The minimum absolute atomic E-state index is 0.0615. The van der Waals surface area contributed by atoms with Crippen LogP contribution >= 0.6 is 11.8 Å². The zero-order valence-electron chi connectivity index (χ0n) is 15.2. The number of hydrogen-bond acceptors (Lipinski definition) is 7. The molecule has 2 rings (SSSR count). The molecule has 1 heterocycles. The summed E-state index contributed by atoms with van der Waals surface area (Å²) in [6, 6.07) is 5.60. The molecule has 0 saturated carbocycles. The summed E-state index contributed by atoms with van der Waals surface area (Å²) in [6.45, 7) is 7.75. The normalized spacial score (nSPS) is 16.0. The van der Waals surface area contributed by atoms with Crippen LogP contribution in [0.25, 0.3) is 0 Å². The number of methoxy groups -OCH3 is 1. The zero-order chi connectivity index (χ0) is 18.1. The Labute approximate surface area is 154 Å². The highest BCUT2D eigenvalue weighted by atomic mass is 32.2. The monoisotopic (exact) mass is 368 g/mol. The molecule has 0 aromatic heterocycles. The maximum absolute atomic E-state index is 10.3. The first-order chi connectivity index (χ1) is 12.0. The van der Waals surface area contributed by atoms with Crippen molar-refractivity contribution in [1.29, 1.82) is 0 Å². The van der Waals surface area contributed by atoms with E-state index in [1.165, 1.54) is 0 Å². The Bertz CT molecular complexity index is 578. The third-order valence-electron chi connectivity index (χ3n) is 3.57. The Morgan fingerprint density at radius 3 is 2.52 bits per heavy atom. The number of anilines is 1. The fourth-order valence-corrected chi connectivity index (χ4v) is 3.47. The second-order valence-electron chi connectivity index (χ2n) is 6.39. The van der Waals surface area contributed by atoms with Crippen molar-refractivity contribution in [3.05, 3.63) is 23.8 Å². The highest BCUT2D eigenvalue weighted by Gasteiger charge is 2.27. The van der Waals surface area contributed by atoms with Crippen molar-refractivity contribution in [1.82, 2.24) is 0 Å². The summed E-state index contributed by atoms with van der Waals surface area (Å²) < 4.78 is 15.7. The zero-order valence-corrected chi connectivity index (χ0v) is 16.0. The standard InChI is InChI=1S/C18H28N2O4S/c1-18(2)13-25-17(20-18)15-5-4-14(12-16(15)21)19-6-7-23-10-11-24-9-8-22-3/h4-5,12,19,21H,6-11,13H2,1-3H3. The largest absolute Gasteiger partial charge is 0.507 e. The Hall–Kier alpha value is -1.28. The van der Waals surface area contributed by atoms with Crippen LogP contribution in [0, 0.1) is 0 Å². The lowest BCUT2D eigenvalue weighted by Crippen LogP contribution is -2.15. The van der Waals surface area contributed by atoms with Gasteiger partial charge in [0.25, 0.3) is 0 Å². The summed E-state index contributed by atoms with van der Waals surface area (Å²) in [4.78, 5) is 4.66. The molecule has 1 aromatic carbocycles. The van der Waals surface area contributed by atoms with Crippen LogP contribution in [0.2, 0.25) is 0 Å². The van der Waals surface area contributed by atoms with E-state index in [2.05, 4.69) is 24.2 Å². The number of ether oxygens (including phenoxy) is 3. The maximum atomic E-state index is 10.3. The van der Waals surface area contributed by atoms with E-state index >= 15 is 0 Å². The van der Waals surface area contributed by atoms with Gasteiger partial charge in [0.05, 0.1) is 38.6 Å². The molecule has 2 N–H and O–H groups in total. The molecule has 140 valence electrons. The number of aromatic hydroxyl groups is 1. The van der Waals surface area contributed by atoms with E-state index in [9.17, 15) is 5.11 Å². The van der Waals surface area contributed by atoms with Gasteiger partial charge in [0.15, 0.2) is 0 Å². The molecule has 0 amide bonds. The van der Waals surface area contributed by atoms with Gasteiger partial charge in [0.1, 0.15) is 10.8 Å². The Morgan fingerprint density at radius 1 is 1.16 bits per heavy atom. The summed E-state index contributed by atoms with van der Waals surface area (Å²) in [7, 11) is 1.65. The van der Waals surface area contributed by atoms with Crippen LogP contribution in [-0.4, -0.2) is 68.1 Å². The van der Waals surface area contributed by atoms with E-state index in [0.29, 0.717) is 39.6 Å². The molecule has 0 spiro atoms. The van der Waals surface area contributed by atoms with Gasteiger partial charge >= 0.3 is 0 Å². The number of phenols is 1. The van der Waals surface area contributed by atoms with Crippen molar-refractivity contribution in [3.63, 3.8) is 0 Å². The lowest BCUT2D eigenvalue weighted by Gasteiger charge is -2.11. The molecule has 25 heavy (non-hydrogen) atoms. The Morgan fingerprint density at radius 2 is 1.88 bits per heavy atom. The van der Waals surface area contributed by atoms with Gasteiger partial charge in [-0.15, -0.1) is 11.8 Å². The molecular formula is C18H28N2O4S. The van der Waals surface area contributed by atoms with Gasteiger partial charge in [0, 0.05) is 36.7 Å². The summed E-state index contributed by atoms with van der Waals surface area (Å²) >= 11 is 1.69. The first kappa shape index (κ1) is 20.0. The van der Waals surface area contributed by atoms with E-state index in [4.69, 9.17) is 14.2 Å². The average Bonchev–Trinajstić information content (AvgIpc) is 2.93. The van der Waals surface area contributed by atoms with Gasteiger partial charge in [-0.25, -0.2) is 0 Å². The molecular weight excluding hydrogens is 340 g/mol. The average molecular weight is 368 g/mol. The Kier molecular flexibility index (Phi) is 8.02. The lowest BCUT2D eigenvalue weighted by molar-refractivity contribution is 0.0272. The SMILES string of the molecule is COCCOCCOCCNc1ccc(C2=NC(C)(C)CS2)c(O)c1. The minimum atomic E-state index is -0.0615. The van der Waals surface area contributed by atoms with Gasteiger partial charge in [0.2, 0.25) is 0 Å². The second kappa shape index (κ2) is 10.0. The predicted molar refractivity (Wildman–Crippen MR) is 103 cm³/mol. The highest BCUT2D eigenvalue weighted by Crippen LogP contribution is 2.34. The van der Waals surface area contributed by atoms with E-state index in [1.54, 1.807) is 24.9 Å².